The Balaban J connectivity index is 1.45. The molecule has 1 aliphatic heterocycles. The predicted molar refractivity (Wildman–Crippen MR) is 133 cm³/mol. The van der Waals surface area contributed by atoms with Crippen molar-refractivity contribution < 1.29 is 13.6 Å². The van der Waals surface area contributed by atoms with Gasteiger partial charge in [-0.3, -0.25) is 9.69 Å². The first-order valence-electron chi connectivity index (χ1n) is 12.0. The molecule has 1 N–H and O–H groups in total. The third kappa shape index (κ3) is 4.93. The highest BCUT2D eigenvalue weighted by Gasteiger charge is 2.46. The number of amides is 1. The molecule has 1 aliphatic carbocycles. The molecule has 1 saturated heterocycles. The lowest BCUT2D eigenvalue weighted by atomic mass is 9.97. The fraction of sp³-hybridized carbons (Fsp3) is 0.519. The van der Waals surface area contributed by atoms with Crippen molar-refractivity contribution >= 4 is 14.2 Å². The average Bonchev–Trinajstić information content (AvgIpc) is 3.07. The largest absolute Gasteiger partial charge is 0.411 e. The number of nitrogens with one attached hydrogen (secondary N) is 1. The first-order chi connectivity index (χ1) is 15.5. The molecule has 178 valence electrons. The molecule has 4 nitrogen and oxygen atoms in total. The zero-order valence-electron chi connectivity index (χ0n) is 20.7. The second kappa shape index (κ2) is 8.97. The predicted octanol–water partition coefficient (Wildman–Crippen LogP) is 5.42. The Morgan fingerprint density at radius 2 is 1.76 bits per heavy atom. The van der Waals surface area contributed by atoms with Gasteiger partial charge in [0.2, 0.25) is 5.91 Å². The fourth-order valence-electron chi connectivity index (χ4n) is 4.73. The number of hydrogen-bond donors (Lipinski definition) is 1. The molecule has 4 rings (SSSR count). The van der Waals surface area contributed by atoms with Gasteiger partial charge in [0.05, 0.1) is 24.1 Å². The molecule has 1 fully saturated rings. The lowest BCUT2D eigenvalue weighted by molar-refractivity contribution is -0.123. The van der Waals surface area contributed by atoms with Crippen molar-refractivity contribution in [1.29, 1.82) is 0 Å². The molecule has 0 bridgehead atoms. The number of carbonyl (C=O) groups is 1. The highest BCUT2D eigenvalue weighted by Crippen LogP contribution is 2.42. The summed E-state index contributed by atoms with van der Waals surface area (Å²) in [6.07, 6.45) is 1.08. The fourth-order valence-corrected chi connectivity index (χ4v) is 6.07. The Labute approximate surface area is 198 Å². The maximum Gasteiger partial charge on any atom is 0.227 e. The Kier molecular flexibility index (Phi) is 6.55. The Bertz CT molecular complexity index is 996. The molecule has 0 spiro atoms. The van der Waals surface area contributed by atoms with Gasteiger partial charge in [0.15, 0.2) is 8.32 Å². The van der Waals surface area contributed by atoms with Crippen molar-refractivity contribution in [3.8, 4) is 0 Å². The van der Waals surface area contributed by atoms with E-state index in [-0.39, 0.29) is 40.9 Å². The minimum atomic E-state index is -1.80. The lowest BCUT2D eigenvalue weighted by Gasteiger charge is -2.49. The van der Waals surface area contributed by atoms with E-state index in [1.807, 2.05) is 6.92 Å². The van der Waals surface area contributed by atoms with Crippen molar-refractivity contribution in [2.24, 2.45) is 0 Å². The van der Waals surface area contributed by atoms with Gasteiger partial charge < -0.3 is 9.74 Å². The lowest BCUT2D eigenvalue weighted by Crippen LogP contribution is -2.60. The van der Waals surface area contributed by atoms with Crippen molar-refractivity contribution in [2.45, 2.75) is 76.4 Å². The second-order valence-corrected chi connectivity index (χ2v) is 15.9. The van der Waals surface area contributed by atoms with Crippen LogP contribution >= 0.6 is 0 Å². The van der Waals surface area contributed by atoms with Crippen LogP contribution in [0.5, 0.6) is 0 Å². The molecule has 3 atom stereocenters. The van der Waals surface area contributed by atoms with Gasteiger partial charge in [-0.05, 0) is 60.3 Å². The average molecular weight is 469 g/mol. The number of nitrogens with zero attached hydrogens (tertiary/aromatic N) is 1. The van der Waals surface area contributed by atoms with Gasteiger partial charge in [0.25, 0.3) is 0 Å². The monoisotopic (exact) mass is 468 g/mol. The summed E-state index contributed by atoms with van der Waals surface area (Å²) in [5.41, 5.74) is 3.44. The summed E-state index contributed by atoms with van der Waals surface area (Å²) in [7, 11) is -1.80. The summed E-state index contributed by atoms with van der Waals surface area (Å²) in [6.45, 7) is 15.1. The molecule has 2 aliphatic rings. The van der Waals surface area contributed by atoms with Crippen LogP contribution in [0.4, 0.5) is 4.39 Å². The maximum absolute atomic E-state index is 13.3. The molecule has 2 aromatic carbocycles. The quantitative estimate of drug-likeness (QED) is 0.576. The first-order valence-corrected chi connectivity index (χ1v) is 14.9. The third-order valence-corrected chi connectivity index (χ3v) is 12.4. The summed E-state index contributed by atoms with van der Waals surface area (Å²) in [6, 6.07) is 14.9. The molecule has 1 heterocycles. The van der Waals surface area contributed by atoms with E-state index in [1.165, 1.54) is 23.3 Å². The summed E-state index contributed by atoms with van der Waals surface area (Å²) in [4.78, 5) is 15.6. The number of rotatable bonds is 6. The van der Waals surface area contributed by atoms with Crippen LogP contribution in [-0.2, 0) is 15.6 Å². The van der Waals surface area contributed by atoms with Crippen LogP contribution in [0.3, 0.4) is 0 Å². The number of benzene rings is 2. The normalized spacial score (nSPS) is 22.5. The van der Waals surface area contributed by atoms with E-state index in [0.717, 1.165) is 25.1 Å². The van der Waals surface area contributed by atoms with Crippen LogP contribution in [0.1, 0.15) is 56.3 Å². The van der Waals surface area contributed by atoms with Gasteiger partial charge in [-0.2, -0.15) is 0 Å². The van der Waals surface area contributed by atoms with E-state index in [2.05, 4.69) is 68.3 Å². The SMILES string of the molecule is C[C@H](C(=O)N[C@@H]1Cc2ccccc2[C@H]1N1CC(O[Si](C)(C)C(C)(C)C)C1)c1ccc(F)cc1. The summed E-state index contributed by atoms with van der Waals surface area (Å²) in [5, 5.41) is 3.51. The highest BCUT2D eigenvalue weighted by atomic mass is 28.4. The minimum absolute atomic E-state index is 0.0148. The summed E-state index contributed by atoms with van der Waals surface area (Å²) >= 11 is 0. The zero-order valence-corrected chi connectivity index (χ0v) is 21.7. The topological polar surface area (TPSA) is 41.6 Å². The Morgan fingerprint density at radius 3 is 2.39 bits per heavy atom. The van der Waals surface area contributed by atoms with Crippen LogP contribution in [0.2, 0.25) is 18.1 Å². The molecular formula is C27H37FN2O2Si. The van der Waals surface area contributed by atoms with E-state index in [9.17, 15) is 9.18 Å². The molecule has 0 unspecified atom stereocenters. The first kappa shape index (κ1) is 24.1. The van der Waals surface area contributed by atoms with E-state index < -0.39 is 8.32 Å². The highest BCUT2D eigenvalue weighted by molar-refractivity contribution is 6.74. The van der Waals surface area contributed by atoms with Gasteiger partial charge in [-0.1, -0.05) is 57.2 Å². The van der Waals surface area contributed by atoms with Crippen LogP contribution in [0, 0.1) is 5.82 Å². The van der Waals surface area contributed by atoms with Crippen molar-refractivity contribution in [3.63, 3.8) is 0 Å². The number of likely N-dealkylation sites (tertiary alicyclic amines) is 1. The Morgan fingerprint density at radius 1 is 1.12 bits per heavy atom. The van der Waals surface area contributed by atoms with E-state index in [0.29, 0.717) is 0 Å². The van der Waals surface area contributed by atoms with Crippen molar-refractivity contribution in [3.05, 3.63) is 71.0 Å². The number of halogens is 1. The van der Waals surface area contributed by atoms with Gasteiger partial charge in [-0.15, -0.1) is 0 Å². The molecule has 2 aromatic rings. The number of hydrogen-bond acceptors (Lipinski definition) is 3. The van der Waals surface area contributed by atoms with Crippen molar-refractivity contribution in [2.75, 3.05) is 13.1 Å². The van der Waals surface area contributed by atoms with Gasteiger partial charge >= 0.3 is 0 Å². The van der Waals surface area contributed by atoms with Crippen molar-refractivity contribution in [1.82, 2.24) is 10.2 Å². The van der Waals surface area contributed by atoms with E-state index in [4.69, 9.17) is 4.43 Å². The minimum Gasteiger partial charge on any atom is -0.411 e. The molecule has 0 saturated carbocycles. The van der Waals surface area contributed by atoms with Crippen LogP contribution < -0.4 is 5.32 Å². The maximum atomic E-state index is 13.3. The molecule has 6 heteroatoms. The second-order valence-electron chi connectivity index (χ2n) is 11.2. The van der Waals surface area contributed by atoms with Gasteiger partial charge in [0.1, 0.15) is 5.82 Å². The summed E-state index contributed by atoms with van der Waals surface area (Å²) < 4.78 is 19.9. The molecule has 0 aromatic heterocycles. The van der Waals surface area contributed by atoms with E-state index >= 15 is 0 Å². The molecule has 33 heavy (non-hydrogen) atoms. The van der Waals surface area contributed by atoms with Gasteiger partial charge in [0, 0.05) is 13.1 Å². The van der Waals surface area contributed by atoms with Crippen LogP contribution in [-0.4, -0.2) is 44.4 Å². The number of fused-ring (bicyclic) bond motifs is 1. The zero-order chi connectivity index (χ0) is 24.0. The Hall–Kier alpha value is -2.02. The van der Waals surface area contributed by atoms with Crippen LogP contribution in [0.25, 0.3) is 0 Å². The number of carbonyl (C=O) groups excluding carboxylic acids is 1. The van der Waals surface area contributed by atoms with Crippen LogP contribution in [0.15, 0.2) is 48.5 Å². The molecule has 0 radical (unpaired) electrons. The summed E-state index contributed by atoms with van der Waals surface area (Å²) in [5.74, 6) is -0.634. The van der Waals surface area contributed by atoms with E-state index in [1.54, 1.807) is 12.1 Å². The third-order valence-electron chi connectivity index (χ3n) is 7.82. The standard InChI is InChI=1S/C27H37FN2O2Si/c1-18(19-11-13-21(28)14-12-19)26(31)29-24-15-20-9-7-8-10-23(20)25(24)30-16-22(17-30)32-33(5,6)27(2,3)4/h7-14,18,22,24-25H,15-17H2,1-6H3,(H,29,31)/t18-,24+,25+/m0/s1. The van der Waals surface area contributed by atoms with Gasteiger partial charge in [-0.25, -0.2) is 4.39 Å². The molecular weight excluding hydrogens is 431 g/mol. The molecule has 1 amide bonds. The smallest absolute Gasteiger partial charge is 0.227 e.